The summed E-state index contributed by atoms with van der Waals surface area (Å²) in [6, 6.07) is 5.71. The average molecular weight is 191 g/mol. The molecule has 1 aliphatic rings. The lowest BCUT2D eigenvalue weighted by Crippen LogP contribution is -2.20. The molecular formula is C11H13NO2. The molecule has 1 amide bonds. The Morgan fingerprint density at radius 1 is 1.50 bits per heavy atom. The summed E-state index contributed by atoms with van der Waals surface area (Å²) in [5.74, 6) is 0.0443. The number of aliphatic hydroxyl groups is 1. The van der Waals surface area contributed by atoms with Gasteiger partial charge in [-0.1, -0.05) is 12.1 Å². The van der Waals surface area contributed by atoms with E-state index in [1.165, 1.54) is 0 Å². The van der Waals surface area contributed by atoms with Crippen LogP contribution in [-0.2, 0) is 6.61 Å². The molecule has 1 atom stereocenters. The SMILES string of the molecule is CC1c2ccc(CO)cc2C(=O)N1C. The van der Waals surface area contributed by atoms with E-state index in [0.29, 0.717) is 0 Å². The number of carbonyl (C=O) groups excluding carboxylic acids is 1. The number of nitrogens with zero attached hydrogens (tertiary/aromatic N) is 1. The molecule has 0 aliphatic carbocycles. The lowest BCUT2D eigenvalue weighted by Gasteiger charge is -2.14. The number of amides is 1. The third kappa shape index (κ3) is 1.13. The minimum absolute atomic E-state index is 0.0152. The van der Waals surface area contributed by atoms with Crippen molar-refractivity contribution in [2.24, 2.45) is 0 Å². The van der Waals surface area contributed by atoms with Gasteiger partial charge >= 0.3 is 0 Å². The number of carbonyl (C=O) groups is 1. The Hall–Kier alpha value is -1.35. The number of fused-ring (bicyclic) bond motifs is 1. The van der Waals surface area contributed by atoms with Gasteiger partial charge in [0.2, 0.25) is 0 Å². The van der Waals surface area contributed by atoms with Crippen LogP contribution in [0.15, 0.2) is 18.2 Å². The monoisotopic (exact) mass is 191 g/mol. The van der Waals surface area contributed by atoms with E-state index in [9.17, 15) is 4.79 Å². The maximum absolute atomic E-state index is 11.7. The fourth-order valence-corrected chi connectivity index (χ4v) is 1.83. The number of benzene rings is 1. The van der Waals surface area contributed by atoms with Crippen LogP contribution in [0.2, 0.25) is 0 Å². The Kier molecular flexibility index (Phi) is 2.04. The van der Waals surface area contributed by atoms with Gasteiger partial charge < -0.3 is 10.0 Å². The molecule has 1 unspecified atom stereocenters. The first-order valence-corrected chi connectivity index (χ1v) is 4.66. The Bertz CT molecular complexity index is 387. The fourth-order valence-electron chi connectivity index (χ4n) is 1.83. The molecule has 14 heavy (non-hydrogen) atoms. The normalized spacial score (nSPS) is 20.1. The summed E-state index contributed by atoms with van der Waals surface area (Å²) in [6.07, 6.45) is 0. The molecule has 1 heterocycles. The molecule has 0 aromatic heterocycles. The second kappa shape index (κ2) is 3.10. The van der Waals surface area contributed by atoms with E-state index >= 15 is 0 Å². The van der Waals surface area contributed by atoms with Gasteiger partial charge in [-0.05, 0) is 24.1 Å². The summed E-state index contributed by atoms with van der Waals surface area (Å²) >= 11 is 0. The van der Waals surface area contributed by atoms with Gasteiger partial charge in [0, 0.05) is 12.6 Å². The molecule has 3 heteroatoms. The average Bonchev–Trinajstić information content (AvgIpc) is 2.44. The third-order valence-corrected chi connectivity index (χ3v) is 2.88. The van der Waals surface area contributed by atoms with Gasteiger partial charge in [0.15, 0.2) is 0 Å². The van der Waals surface area contributed by atoms with Crippen molar-refractivity contribution < 1.29 is 9.90 Å². The predicted molar refractivity (Wildman–Crippen MR) is 52.9 cm³/mol. The predicted octanol–water partition coefficient (Wildman–Crippen LogP) is 1.33. The second-order valence-electron chi connectivity index (χ2n) is 3.67. The molecule has 0 saturated carbocycles. The van der Waals surface area contributed by atoms with Crippen molar-refractivity contribution in [3.8, 4) is 0 Å². The van der Waals surface area contributed by atoms with Crippen molar-refractivity contribution in [3.63, 3.8) is 0 Å². The number of hydrogen-bond acceptors (Lipinski definition) is 2. The molecule has 0 spiro atoms. The molecule has 0 bridgehead atoms. The van der Waals surface area contributed by atoms with E-state index < -0.39 is 0 Å². The Labute approximate surface area is 83.0 Å². The van der Waals surface area contributed by atoms with Gasteiger partial charge in [0.25, 0.3) is 5.91 Å². The first kappa shape index (κ1) is 9.21. The van der Waals surface area contributed by atoms with Crippen molar-refractivity contribution in [2.45, 2.75) is 19.6 Å². The van der Waals surface area contributed by atoms with Gasteiger partial charge in [-0.25, -0.2) is 0 Å². The number of aliphatic hydroxyl groups excluding tert-OH is 1. The second-order valence-corrected chi connectivity index (χ2v) is 3.67. The van der Waals surface area contributed by atoms with Gasteiger partial charge in [-0.2, -0.15) is 0 Å². The summed E-state index contributed by atoms with van der Waals surface area (Å²) in [4.78, 5) is 13.4. The highest BCUT2D eigenvalue weighted by Crippen LogP contribution is 2.32. The topological polar surface area (TPSA) is 40.5 Å². The molecule has 1 N–H and O–H groups in total. The third-order valence-electron chi connectivity index (χ3n) is 2.88. The maximum atomic E-state index is 11.7. The molecule has 3 nitrogen and oxygen atoms in total. The Balaban J connectivity index is 2.53. The summed E-state index contributed by atoms with van der Waals surface area (Å²) in [5.41, 5.74) is 2.57. The standard InChI is InChI=1S/C11H13NO2/c1-7-9-4-3-8(6-13)5-10(9)11(14)12(7)2/h3-5,7,13H,6H2,1-2H3. The lowest BCUT2D eigenvalue weighted by molar-refractivity contribution is 0.0784. The molecule has 1 aliphatic heterocycles. The zero-order chi connectivity index (χ0) is 10.3. The molecule has 0 saturated heterocycles. The van der Waals surface area contributed by atoms with Crippen LogP contribution in [0.5, 0.6) is 0 Å². The maximum Gasteiger partial charge on any atom is 0.254 e. The van der Waals surface area contributed by atoms with Crippen molar-refractivity contribution >= 4 is 5.91 Å². The fraction of sp³-hybridized carbons (Fsp3) is 0.364. The van der Waals surface area contributed by atoms with Crippen molar-refractivity contribution in [2.75, 3.05) is 7.05 Å². The van der Waals surface area contributed by atoms with Crippen molar-refractivity contribution in [1.29, 1.82) is 0 Å². The first-order chi connectivity index (χ1) is 6.65. The van der Waals surface area contributed by atoms with Gasteiger partial charge in [-0.15, -0.1) is 0 Å². The first-order valence-electron chi connectivity index (χ1n) is 4.66. The van der Waals surface area contributed by atoms with Crippen molar-refractivity contribution in [1.82, 2.24) is 4.90 Å². The van der Waals surface area contributed by atoms with E-state index in [0.717, 1.165) is 16.7 Å². The molecule has 2 rings (SSSR count). The highest BCUT2D eigenvalue weighted by Gasteiger charge is 2.30. The van der Waals surface area contributed by atoms with Crippen LogP contribution in [0.1, 0.15) is 34.5 Å². The molecular weight excluding hydrogens is 178 g/mol. The highest BCUT2D eigenvalue weighted by molar-refractivity contribution is 5.99. The zero-order valence-electron chi connectivity index (χ0n) is 8.32. The molecule has 0 fully saturated rings. The minimum atomic E-state index is -0.0152. The summed E-state index contributed by atoms with van der Waals surface area (Å²) in [7, 11) is 1.80. The summed E-state index contributed by atoms with van der Waals surface area (Å²) in [5, 5.41) is 8.96. The van der Waals surface area contributed by atoms with Crippen LogP contribution < -0.4 is 0 Å². The van der Waals surface area contributed by atoms with E-state index in [1.807, 2.05) is 19.1 Å². The molecule has 0 radical (unpaired) electrons. The van der Waals surface area contributed by atoms with Crippen LogP contribution in [0.3, 0.4) is 0 Å². The van der Waals surface area contributed by atoms with Crippen LogP contribution >= 0.6 is 0 Å². The highest BCUT2D eigenvalue weighted by atomic mass is 16.3. The van der Waals surface area contributed by atoms with Gasteiger partial charge in [0.05, 0.1) is 12.6 Å². The van der Waals surface area contributed by atoms with Crippen LogP contribution in [0.25, 0.3) is 0 Å². The van der Waals surface area contributed by atoms with Crippen LogP contribution in [0, 0.1) is 0 Å². The van der Waals surface area contributed by atoms with Gasteiger partial charge in [-0.3, -0.25) is 4.79 Å². The summed E-state index contributed by atoms with van der Waals surface area (Å²) < 4.78 is 0. The van der Waals surface area contributed by atoms with Crippen LogP contribution in [-0.4, -0.2) is 23.0 Å². The minimum Gasteiger partial charge on any atom is -0.392 e. The van der Waals surface area contributed by atoms with Crippen LogP contribution in [0.4, 0.5) is 0 Å². The quantitative estimate of drug-likeness (QED) is 0.727. The smallest absolute Gasteiger partial charge is 0.254 e. The van der Waals surface area contributed by atoms with E-state index in [-0.39, 0.29) is 18.6 Å². The number of rotatable bonds is 1. The largest absolute Gasteiger partial charge is 0.392 e. The van der Waals surface area contributed by atoms with Gasteiger partial charge in [0.1, 0.15) is 0 Å². The van der Waals surface area contributed by atoms with E-state index in [2.05, 4.69) is 0 Å². The molecule has 1 aromatic rings. The van der Waals surface area contributed by atoms with E-state index in [1.54, 1.807) is 18.0 Å². The molecule has 74 valence electrons. The number of hydrogen-bond donors (Lipinski definition) is 1. The Morgan fingerprint density at radius 3 is 2.86 bits per heavy atom. The Morgan fingerprint density at radius 2 is 2.21 bits per heavy atom. The molecule has 1 aromatic carbocycles. The lowest BCUT2D eigenvalue weighted by atomic mass is 10.0. The van der Waals surface area contributed by atoms with Crippen molar-refractivity contribution in [3.05, 3.63) is 34.9 Å². The summed E-state index contributed by atoms with van der Waals surface area (Å²) in [6.45, 7) is 1.99. The zero-order valence-corrected chi connectivity index (χ0v) is 8.32. The van der Waals surface area contributed by atoms with E-state index in [4.69, 9.17) is 5.11 Å².